The smallest absolute Gasteiger partial charge is 0.219 e. The molecular weight excluding hydrogens is 238 g/mol. The summed E-state index contributed by atoms with van der Waals surface area (Å²) in [6.45, 7) is 2.16. The summed E-state index contributed by atoms with van der Waals surface area (Å²) in [5, 5.41) is 0. The third-order valence-electron chi connectivity index (χ3n) is 2.34. The van der Waals surface area contributed by atoms with Crippen molar-refractivity contribution in [2.45, 2.75) is 13.5 Å². The molecule has 3 nitrogen and oxygen atoms in total. The number of nitrogens with two attached hydrogens (primary N) is 1. The first-order chi connectivity index (χ1) is 8.58. The highest BCUT2D eigenvalue weighted by molar-refractivity contribution is 5.31. The average Bonchev–Trinajstić information content (AvgIpc) is 2.33. The second-order valence-corrected chi connectivity index (χ2v) is 3.84. The maximum atomic E-state index is 13.0. The van der Waals surface area contributed by atoms with E-state index in [9.17, 15) is 8.78 Å². The van der Waals surface area contributed by atoms with Gasteiger partial charge in [0.25, 0.3) is 0 Å². The molecule has 2 N–H and O–H groups in total. The summed E-state index contributed by atoms with van der Waals surface area (Å²) < 4.78 is 31.1. The lowest BCUT2D eigenvalue weighted by Crippen LogP contribution is -1.99. The molecule has 2 rings (SSSR count). The fourth-order valence-corrected chi connectivity index (χ4v) is 1.54. The summed E-state index contributed by atoms with van der Waals surface area (Å²) in [7, 11) is 0. The standard InChI is InChI=1S/C13H12F2N2O/c1-8-4-9(7-16)5-13(17-8)18-10-2-3-11(14)12(15)6-10/h2-6H,7,16H2,1H3. The molecule has 0 radical (unpaired) electrons. The molecule has 0 atom stereocenters. The van der Waals surface area contributed by atoms with Gasteiger partial charge in [0.1, 0.15) is 5.75 Å². The van der Waals surface area contributed by atoms with E-state index in [0.29, 0.717) is 12.4 Å². The third kappa shape index (κ3) is 2.81. The molecule has 0 unspecified atom stereocenters. The van der Waals surface area contributed by atoms with Gasteiger partial charge in [-0.3, -0.25) is 0 Å². The molecule has 0 aliphatic heterocycles. The summed E-state index contributed by atoms with van der Waals surface area (Å²) >= 11 is 0. The van der Waals surface area contributed by atoms with Crippen LogP contribution >= 0.6 is 0 Å². The summed E-state index contributed by atoms with van der Waals surface area (Å²) in [6, 6.07) is 6.81. The molecule has 0 spiro atoms. The normalized spacial score (nSPS) is 10.4. The molecule has 0 saturated heterocycles. The molecule has 0 aliphatic rings. The number of hydrogen-bond acceptors (Lipinski definition) is 3. The Labute approximate surface area is 103 Å². The van der Waals surface area contributed by atoms with Gasteiger partial charge < -0.3 is 10.5 Å². The molecule has 0 fully saturated rings. The molecule has 1 aromatic carbocycles. The third-order valence-corrected chi connectivity index (χ3v) is 2.34. The number of halogens is 2. The molecule has 0 bridgehead atoms. The molecule has 1 heterocycles. The van der Waals surface area contributed by atoms with Gasteiger partial charge in [-0.2, -0.15) is 0 Å². The lowest BCUT2D eigenvalue weighted by Gasteiger charge is -2.07. The predicted octanol–water partition coefficient (Wildman–Crippen LogP) is 2.92. The fourth-order valence-electron chi connectivity index (χ4n) is 1.54. The Bertz CT molecular complexity index is 573. The quantitative estimate of drug-likeness (QED) is 0.911. The van der Waals surface area contributed by atoms with Gasteiger partial charge in [0.05, 0.1) is 0 Å². The lowest BCUT2D eigenvalue weighted by atomic mass is 10.2. The minimum atomic E-state index is -0.959. The Morgan fingerprint density at radius 3 is 2.61 bits per heavy atom. The Hall–Kier alpha value is -2.01. The van der Waals surface area contributed by atoms with Crippen molar-refractivity contribution < 1.29 is 13.5 Å². The summed E-state index contributed by atoms with van der Waals surface area (Å²) in [4.78, 5) is 4.14. The molecule has 5 heteroatoms. The second kappa shape index (κ2) is 5.10. The largest absolute Gasteiger partial charge is 0.439 e. The van der Waals surface area contributed by atoms with E-state index in [2.05, 4.69) is 4.98 Å². The number of aromatic nitrogens is 1. The van der Waals surface area contributed by atoms with Crippen molar-refractivity contribution in [2.75, 3.05) is 0 Å². The van der Waals surface area contributed by atoms with E-state index in [0.717, 1.165) is 23.4 Å². The van der Waals surface area contributed by atoms with Crippen LogP contribution in [-0.2, 0) is 6.54 Å². The van der Waals surface area contributed by atoms with Crippen molar-refractivity contribution in [3.63, 3.8) is 0 Å². The van der Waals surface area contributed by atoms with Crippen LogP contribution in [0, 0.1) is 18.6 Å². The van der Waals surface area contributed by atoms with Gasteiger partial charge in [-0.1, -0.05) is 0 Å². The SMILES string of the molecule is Cc1cc(CN)cc(Oc2ccc(F)c(F)c2)n1. The zero-order valence-electron chi connectivity index (χ0n) is 9.78. The van der Waals surface area contributed by atoms with Crippen LogP contribution in [0.25, 0.3) is 0 Å². The fraction of sp³-hybridized carbons (Fsp3) is 0.154. The van der Waals surface area contributed by atoms with Crippen molar-refractivity contribution in [3.8, 4) is 11.6 Å². The number of benzene rings is 1. The van der Waals surface area contributed by atoms with Crippen LogP contribution < -0.4 is 10.5 Å². The first-order valence-electron chi connectivity index (χ1n) is 5.39. The Morgan fingerprint density at radius 1 is 1.17 bits per heavy atom. The van der Waals surface area contributed by atoms with Crippen LogP contribution in [0.2, 0.25) is 0 Å². The number of ether oxygens (including phenoxy) is 1. The van der Waals surface area contributed by atoms with Gasteiger partial charge in [-0.15, -0.1) is 0 Å². The Morgan fingerprint density at radius 2 is 1.94 bits per heavy atom. The second-order valence-electron chi connectivity index (χ2n) is 3.84. The van der Waals surface area contributed by atoms with Gasteiger partial charge in [-0.05, 0) is 30.7 Å². The molecule has 18 heavy (non-hydrogen) atoms. The van der Waals surface area contributed by atoms with Gasteiger partial charge in [0, 0.05) is 24.4 Å². The van der Waals surface area contributed by atoms with Gasteiger partial charge in [0.15, 0.2) is 11.6 Å². The Kier molecular flexibility index (Phi) is 3.53. The van der Waals surface area contributed by atoms with Gasteiger partial charge in [-0.25, -0.2) is 13.8 Å². The first kappa shape index (κ1) is 12.4. The van der Waals surface area contributed by atoms with E-state index in [4.69, 9.17) is 10.5 Å². The van der Waals surface area contributed by atoms with Crippen LogP contribution in [0.4, 0.5) is 8.78 Å². The predicted molar refractivity (Wildman–Crippen MR) is 63.3 cm³/mol. The highest BCUT2D eigenvalue weighted by Crippen LogP contribution is 2.22. The number of pyridine rings is 1. The van der Waals surface area contributed by atoms with E-state index < -0.39 is 11.6 Å². The van der Waals surface area contributed by atoms with E-state index >= 15 is 0 Å². The van der Waals surface area contributed by atoms with Gasteiger partial charge in [0.2, 0.25) is 5.88 Å². The summed E-state index contributed by atoms with van der Waals surface area (Å²) in [5.41, 5.74) is 7.14. The van der Waals surface area contributed by atoms with Crippen molar-refractivity contribution in [1.29, 1.82) is 0 Å². The molecule has 0 aliphatic carbocycles. The molecule has 0 amide bonds. The monoisotopic (exact) mass is 250 g/mol. The van der Waals surface area contributed by atoms with Crippen LogP contribution in [0.3, 0.4) is 0 Å². The molecule has 94 valence electrons. The minimum Gasteiger partial charge on any atom is -0.439 e. The molecule has 0 saturated carbocycles. The zero-order valence-corrected chi connectivity index (χ0v) is 9.78. The number of hydrogen-bond donors (Lipinski definition) is 1. The maximum absolute atomic E-state index is 13.0. The van der Waals surface area contributed by atoms with Crippen LogP contribution in [-0.4, -0.2) is 4.98 Å². The number of aryl methyl sites for hydroxylation is 1. The molecule has 2 aromatic rings. The first-order valence-corrected chi connectivity index (χ1v) is 5.39. The van der Waals surface area contributed by atoms with E-state index in [1.54, 1.807) is 13.0 Å². The molecular formula is C13H12F2N2O. The number of nitrogens with zero attached hydrogens (tertiary/aromatic N) is 1. The minimum absolute atomic E-state index is 0.190. The lowest BCUT2D eigenvalue weighted by molar-refractivity contribution is 0.446. The van der Waals surface area contributed by atoms with Crippen molar-refractivity contribution in [1.82, 2.24) is 4.98 Å². The highest BCUT2D eigenvalue weighted by atomic mass is 19.2. The van der Waals surface area contributed by atoms with Crippen molar-refractivity contribution >= 4 is 0 Å². The average molecular weight is 250 g/mol. The maximum Gasteiger partial charge on any atom is 0.219 e. The van der Waals surface area contributed by atoms with Gasteiger partial charge >= 0.3 is 0 Å². The van der Waals surface area contributed by atoms with Crippen LogP contribution in [0.5, 0.6) is 11.6 Å². The Balaban J connectivity index is 2.27. The van der Waals surface area contributed by atoms with Crippen LogP contribution in [0.1, 0.15) is 11.3 Å². The number of rotatable bonds is 3. The van der Waals surface area contributed by atoms with E-state index in [1.165, 1.54) is 6.07 Å². The zero-order chi connectivity index (χ0) is 13.1. The molecule has 1 aromatic heterocycles. The van der Waals surface area contributed by atoms with Crippen molar-refractivity contribution in [2.24, 2.45) is 5.73 Å². The van der Waals surface area contributed by atoms with E-state index in [1.807, 2.05) is 6.07 Å². The van der Waals surface area contributed by atoms with Crippen LogP contribution in [0.15, 0.2) is 30.3 Å². The summed E-state index contributed by atoms with van der Waals surface area (Å²) in [5.74, 6) is -1.38. The topological polar surface area (TPSA) is 48.1 Å². The summed E-state index contributed by atoms with van der Waals surface area (Å²) in [6.07, 6.45) is 0. The highest BCUT2D eigenvalue weighted by Gasteiger charge is 2.06. The van der Waals surface area contributed by atoms with E-state index in [-0.39, 0.29) is 5.75 Å². The van der Waals surface area contributed by atoms with Crippen molar-refractivity contribution in [3.05, 3.63) is 53.2 Å².